The lowest BCUT2D eigenvalue weighted by atomic mass is 10.0. The monoisotopic (exact) mass is 309 g/mol. The summed E-state index contributed by atoms with van der Waals surface area (Å²) in [4.78, 5) is 3.37. The molecule has 0 N–H and O–H groups in total. The van der Waals surface area contributed by atoms with Gasteiger partial charge in [-0.05, 0) is 43.8 Å². The molecule has 1 heterocycles. The second kappa shape index (κ2) is 7.79. The van der Waals surface area contributed by atoms with E-state index in [-0.39, 0.29) is 0 Å². The van der Waals surface area contributed by atoms with Crippen molar-refractivity contribution < 1.29 is 4.74 Å². The van der Waals surface area contributed by atoms with E-state index >= 15 is 0 Å². The van der Waals surface area contributed by atoms with Gasteiger partial charge in [0.2, 0.25) is 0 Å². The Morgan fingerprint density at radius 1 is 1.10 bits per heavy atom. The molecule has 0 aliphatic heterocycles. The van der Waals surface area contributed by atoms with Crippen molar-refractivity contribution >= 4 is 22.9 Å². The molecule has 0 radical (unpaired) electrons. The van der Waals surface area contributed by atoms with Gasteiger partial charge in [-0.1, -0.05) is 35.9 Å². The standard InChI is InChI=1S/C16H20ClNOS/c1-18(2)11-14-6-4-3-5-13(14)9-10-19-12-15-7-8-16(17)20-15/h3-8H,9-12H2,1-2H3. The van der Waals surface area contributed by atoms with Gasteiger partial charge in [-0.25, -0.2) is 0 Å². The Morgan fingerprint density at radius 3 is 2.50 bits per heavy atom. The zero-order chi connectivity index (χ0) is 14.4. The highest BCUT2D eigenvalue weighted by Gasteiger charge is 2.03. The van der Waals surface area contributed by atoms with E-state index in [1.165, 1.54) is 16.0 Å². The van der Waals surface area contributed by atoms with Crippen LogP contribution in [0.1, 0.15) is 16.0 Å². The zero-order valence-electron chi connectivity index (χ0n) is 11.9. The largest absolute Gasteiger partial charge is 0.376 e. The van der Waals surface area contributed by atoms with E-state index < -0.39 is 0 Å². The Labute approximate surface area is 129 Å². The lowest BCUT2D eigenvalue weighted by Gasteiger charge is -2.14. The Hall–Kier alpha value is -0.870. The molecule has 2 nitrogen and oxygen atoms in total. The van der Waals surface area contributed by atoms with Crippen LogP contribution in [0.15, 0.2) is 36.4 Å². The maximum Gasteiger partial charge on any atom is 0.0932 e. The molecule has 0 amide bonds. The van der Waals surface area contributed by atoms with Crippen LogP contribution >= 0.6 is 22.9 Å². The second-order valence-corrected chi connectivity index (χ2v) is 6.81. The number of ether oxygens (including phenoxy) is 1. The lowest BCUT2D eigenvalue weighted by Crippen LogP contribution is -2.13. The van der Waals surface area contributed by atoms with Gasteiger partial charge in [-0.3, -0.25) is 0 Å². The molecular weight excluding hydrogens is 290 g/mol. The minimum Gasteiger partial charge on any atom is -0.376 e. The van der Waals surface area contributed by atoms with Gasteiger partial charge in [0.25, 0.3) is 0 Å². The topological polar surface area (TPSA) is 12.5 Å². The van der Waals surface area contributed by atoms with Crippen molar-refractivity contribution in [1.82, 2.24) is 4.90 Å². The van der Waals surface area contributed by atoms with E-state index in [1.807, 2.05) is 12.1 Å². The fourth-order valence-electron chi connectivity index (χ4n) is 2.08. The van der Waals surface area contributed by atoms with E-state index in [1.54, 1.807) is 11.3 Å². The van der Waals surface area contributed by atoms with Crippen molar-refractivity contribution in [3.05, 3.63) is 56.7 Å². The van der Waals surface area contributed by atoms with E-state index in [0.29, 0.717) is 6.61 Å². The number of benzene rings is 1. The third kappa shape index (κ3) is 4.91. The summed E-state index contributed by atoms with van der Waals surface area (Å²) in [7, 11) is 4.18. The third-order valence-corrected chi connectivity index (χ3v) is 4.20. The Balaban J connectivity index is 1.81. The van der Waals surface area contributed by atoms with Crippen molar-refractivity contribution in [2.75, 3.05) is 20.7 Å². The van der Waals surface area contributed by atoms with Crippen LogP contribution in [-0.2, 0) is 24.3 Å². The van der Waals surface area contributed by atoms with E-state index in [0.717, 1.165) is 23.9 Å². The molecular formula is C16H20ClNOS. The van der Waals surface area contributed by atoms with Gasteiger partial charge >= 0.3 is 0 Å². The molecule has 1 aromatic heterocycles. The Kier molecular flexibility index (Phi) is 6.05. The molecule has 0 fully saturated rings. The summed E-state index contributed by atoms with van der Waals surface area (Å²) in [5, 5.41) is 0. The maximum atomic E-state index is 5.90. The summed E-state index contributed by atoms with van der Waals surface area (Å²) in [6.07, 6.45) is 0.948. The van der Waals surface area contributed by atoms with Crippen LogP contribution in [0.25, 0.3) is 0 Å². The van der Waals surface area contributed by atoms with Crippen LogP contribution < -0.4 is 0 Å². The molecule has 20 heavy (non-hydrogen) atoms. The van der Waals surface area contributed by atoms with E-state index in [2.05, 4.69) is 43.3 Å². The average Bonchev–Trinajstić information content (AvgIpc) is 2.81. The number of hydrogen-bond donors (Lipinski definition) is 0. The van der Waals surface area contributed by atoms with Crippen LogP contribution in [0, 0.1) is 0 Å². The molecule has 2 rings (SSSR count). The molecule has 0 aliphatic rings. The molecule has 0 spiro atoms. The minimum absolute atomic E-state index is 0.646. The highest BCUT2D eigenvalue weighted by molar-refractivity contribution is 7.16. The van der Waals surface area contributed by atoms with Crippen LogP contribution in [-0.4, -0.2) is 25.6 Å². The molecule has 4 heteroatoms. The van der Waals surface area contributed by atoms with Gasteiger partial charge < -0.3 is 9.64 Å². The summed E-state index contributed by atoms with van der Waals surface area (Å²) in [6.45, 7) is 2.35. The summed E-state index contributed by atoms with van der Waals surface area (Å²) < 4.78 is 6.55. The number of halogens is 1. The average molecular weight is 310 g/mol. The van der Waals surface area contributed by atoms with E-state index in [4.69, 9.17) is 16.3 Å². The van der Waals surface area contributed by atoms with Gasteiger partial charge in [0, 0.05) is 11.4 Å². The highest BCUT2D eigenvalue weighted by atomic mass is 35.5. The van der Waals surface area contributed by atoms with Crippen LogP contribution in [0.5, 0.6) is 0 Å². The predicted octanol–water partition coefficient (Wildman–Crippen LogP) is 4.22. The van der Waals surface area contributed by atoms with Gasteiger partial charge in [0.05, 0.1) is 17.6 Å². The van der Waals surface area contributed by atoms with Crippen molar-refractivity contribution in [3.8, 4) is 0 Å². The molecule has 0 bridgehead atoms. The Morgan fingerprint density at radius 2 is 1.85 bits per heavy atom. The summed E-state index contributed by atoms with van der Waals surface area (Å²) in [5.41, 5.74) is 2.74. The van der Waals surface area contributed by atoms with Crippen molar-refractivity contribution in [2.45, 2.75) is 19.6 Å². The lowest BCUT2D eigenvalue weighted by molar-refractivity contribution is 0.126. The van der Waals surface area contributed by atoms with Crippen molar-refractivity contribution in [3.63, 3.8) is 0 Å². The van der Waals surface area contributed by atoms with Crippen LogP contribution in [0.3, 0.4) is 0 Å². The number of nitrogens with zero attached hydrogens (tertiary/aromatic N) is 1. The summed E-state index contributed by atoms with van der Waals surface area (Å²) >= 11 is 7.48. The quantitative estimate of drug-likeness (QED) is 0.710. The second-order valence-electron chi connectivity index (χ2n) is 5.01. The first-order valence-corrected chi connectivity index (χ1v) is 7.88. The molecule has 0 atom stereocenters. The highest BCUT2D eigenvalue weighted by Crippen LogP contribution is 2.22. The molecule has 0 saturated heterocycles. The maximum absolute atomic E-state index is 5.90. The SMILES string of the molecule is CN(C)Cc1ccccc1CCOCc1ccc(Cl)s1. The van der Waals surface area contributed by atoms with Crippen molar-refractivity contribution in [1.29, 1.82) is 0 Å². The van der Waals surface area contributed by atoms with Crippen LogP contribution in [0.4, 0.5) is 0 Å². The van der Waals surface area contributed by atoms with Gasteiger partial charge in [-0.2, -0.15) is 0 Å². The first-order chi connectivity index (χ1) is 9.65. The van der Waals surface area contributed by atoms with Crippen LogP contribution in [0.2, 0.25) is 4.34 Å². The van der Waals surface area contributed by atoms with Crippen molar-refractivity contribution in [2.24, 2.45) is 0 Å². The predicted molar refractivity (Wildman–Crippen MR) is 86.5 cm³/mol. The van der Waals surface area contributed by atoms with Gasteiger partial charge in [0.1, 0.15) is 0 Å². The number of thiophene rings is 1. The number of rotatable bonds is 7. The molecule has 0 unspecified atom stereocenters. The molecule has 0 aliphatic carbocycles. The molecule has 1 aromatic carbocycles. The Bertz CT molecular complexity index is 539. The van der Waals surface area contributed by atoms with E-state index in [9.17, 15) is 0 Å². The minimum atomic E-state index is 0.646. The first-order valence-electron chi connectivity index (χ1n) is 6.68. The van der Waals surface area contributed by atoms with Gasteiger partial charge in [-0.15, -0.1) is 11.3 Å². The van der Waals surface area contributed by atoms with Gasteiger partial charge in [0.15, 0.2) is 0 Å². The molecule has 108 valence electrons. The normalized spacial score (nSPS) is 11.2. The summed E-state index contributed by atoms with van der Waals surface area (Å²) in [6, 6.07) is 12.5. The summed E-state index contributed by atoms with van der Waals surface area (Å²) in [5.74, 6) is 0. The zero-order valence-corrected chi connectivity index (χ0v) is 13.5. The molecule has 2 aromatic rings. The fraction of sp³-hybridized carbons (Fsp3) is 0.375. The fourth-order valence-corrected chi connectivity index (χ4v) is 3.11. The number of hydrogen-bond acceptors (Lipinski definition) is 3. The first kappa shape index (κ1) is 15.5. The molecule has 0 saturated carbocycles. The third-order valence-electron chi connectivity index (χ3n) is 2.99. The smallest absolute Gasteiger partial charge is 0.0932 e.